The lowest BCUT2D eigenvalue weighted by molar-refractivity contribution is 0.102. The zero-order valence-corrected chi connectivity index (χ0v) is 14.5. The van der Waals surface area contributed by atoms with E-state index in [0.29, 0.717) is 28.6 Å². The molecule has 25 heavy (non-hydrogen) atoms. The number of halogens is 1. The number of anilines is 1. The predicted molar refractivity (Wildman–Crippen MR) is 100 cm³/mol. The van der Waals surface area contributed by atoms with Crippen molar-refractivity contribution in [3.05, 3.63) is 77.4 Å². The van der Waals surface area contributed by atoms with Gasteiger partial charge in [0, 0.05) is 23.0 Å². The van der Waals surface area contributed by atoms with Gasteiger partial charge < -0.3 is 10.1 Å². The zero-order chi connectivity index (χ0) is 17.6. The van der Waals surface area contributed by atoms with E-state index >= 15 is 0 Å². The summed E-state index contributed by atoms with van der Waals surface area (Å²) in [5, 5.41) is 3.44. The Bertz CT molecular complexity index is 862. The van der Waals surface area contributed by atoms with Gasteiger partial charge in [0.2, 0.25) is 0 Å². The number of carbonyl (C=O) groups excluding carboxylic acids is 1. The molecule has 4 nitrogen and oxygen atoms in total. The highest BCUT2D eigenvalue weighted by atomic mass is 35.5. The van der Waals surface area contributed by atoms with Crippen LogP contribution in [0, 0.1) is 0 Å². The summed E-state index contributed by atoms with van der Waals surface area (Å²) in [6.45, 7) is 2.54. The number of hydrogen-bond acceptors (Lipinski definition) is 3. The van der Waals surface area contributed by atoms with E-state index in [4.69, 9.17) is 16.3 Å². The minimum Gasteiger partial charge on any atom is -0.494 e. The molecule has 5 heteroatoms. The van der Waals surface area contributed by atoms with Crippen LogP contribution in [-0.2, 0) is 0 Å². The quantitative estimate of drug-likeness (QED) is 0.698. The third-order valence-electron chi connectivity index (χ3n) is 3.60. The standard InChI is InChI=1S/C20H17ClN2O2/c1-2-25-17-11-9-16(10-12-17)23-20(24)15-7-5-14(6-8-15)19-18(21)4-3-13-22-19/h3-13H,2H2,1H3,(H,23,24). The fourth-order valence-electron chi connectivity index (χ4n) is 2.38. The highest BCUT2D eigenvalue weighted by molar-refractivity contribution is 6.33. The Morgan fingerprint density at radius 1 is 1.08 bits per heavy atom. The van der Waals surface area contributed by atoms with Crippen molar-refractivity contribution >= 4 is 23.2 Å². The van der Waals surface area contributed by atoms with Crippen LogP contribution >= 0.6 is 11.6 Å². The minimum absolute atomic E-state index is 0.178. The molecule has 126 valence electrons. The van der Waals surface area contributed by atoms with Gasteiger partial charge >= 0.3 is 0 Å². The molecule has 0 atom stereocenters. The molecular formula is C20H17ClN2O2. The first-order valence-electron chi connectivity index (χ1n) is 7.92. The second-order valence-electron chi connectivity index (χ2n) is 5.32. The Labute approximate surface area is 151 Å². The SMILES string of the molecule is CCOc1ccc(NC(=O)c2ccc(-c3ncccc3Cl)cc2)cc1. The van der Waals surface area contributed by atoms with Crippen LogP contribution in [0.2, 0.25) is 5.02 Å². The molecule has 0 saturated carbocycles. The summed E-state index contributed by atoms with van der Waals surface area (Å²) < 4.78 is 5.39. The Morgan fingerprint density at radius 3 is 2.44 bits per heavy atom. The van der Waals surface area contributed by atoms with E-state index in [1.165, 1.54) is 0 Å². The summed E-state index contributed by atoms with van der Waals surface area (Å²) in [6, 6.07) is 18.0. The van der Waals surface area contributed by atoms with Gasteiger partial charge in [0.1, 0.15) is 5.75 Å². The molecule has 0 aliphatic carbocycles. The highest BCUT2D eigenvalue weighted by Crippen LogP contribution is 2.25. The Morgan fingerprint density at radius 2 is 1.80 bits per heavy atom. The van der Waals surface area contributed by atoms with Crippen LogP contribution in [0.5, 0.6) is 5.75 Å². The number of nitrogens with one attached hydrogen (secondary N) is 1. The fraction of sp³-hybridized carbons (Fsp3) is 0.100. The van der Waals surface area contributed by atoms with Crippen molar-refractivity contribution < 1.29 is 9.53 Å². The van der Waals surface area contributed by atoms with Crippen LogP contribution in [0.1, 0.15) is 17.3 Å². The molecule has 2 aromatic carbocycles. The van der Waals surface area contributed by atoms with E-state index in [1.807, 2.05) is 43.3 Å². The molecule has 1 N–H and O–H groups in total. The van der Waals surface area contributed by atoms with Crippen LogP contribution in [-0.4, -0.2) is 17.5 Å². The molecule has 0 fully saturated rings. The Kier molecular flexibility index (Phi) is 5.31. The summed E-state index contributed by atoms with van der Waals surface area (Å²) >= 11 is 6.15. The van der Waals surface area contributed by atoms with Gasteiger partial charge in [-0.15, -0.1) is 0 Å². The Balaban J connectivity index is 1.71. The zero-order valence-electron chi connectivity index (χ0n) is 13.7. The molecule has 1 heterocycles. The van der Waals surface area contributed by atoms with Crippen LogP contribution < -0.4 is 10.1 Å². The average molecular weight is 353 g/mol. The third-order valence-corrected chi connectivity index (χ3v) is 3.91. The molecule has 0 unspecified atom stereocenters. The number of carbonyl (C=O) groups is 1. The monoisotopic (exact) mass is 352 g/mol. The number of amides is 1. The van der Waals surface area contributed by atoms with Gasteiger partial charge in [-0.1, -0.05) is 23.7 Å². The van der Waals surface area contributed by atoms with Crippen molar-refractivity contribution in [3.63, 3.8) is 0 Å². The molecule has 0 aliphatic rings. The smallest absolute Gasteiger partial charge is 0.255 e. The van der Waals surface area contributed by atoms with Gasteiger partial charge in [-0.2, -0.15) is 0 Å². The van der Waals surface area contributed by atoms with E-state index < -0.39 is 0 Å². The molecule has 1 aromatic heterocycles. The fourth-order valence-corrected chi connectivity index (χ4v) is 2.61. The molecule has 1 amide bonds. The second-order valence-corrected chi connectivity index (χ2v) is 5.73. The van der Waals surface area contributed by atoms with E-state index in [9.17, 15) is 4.79 Å². The van der Waals surface area contributed by atoms with E-state index in [2.05, 4.69) is 10.3 Å². The van der Waals surface area contributed by atoms with Crippen LogP contribution in [0.15, 0.2) is 66.9 Å². The molecule has 0 bridgehead atoms. The number of hydrogen-bond donors (Lipinski definition) is 1. The molecule has 0 aliphatic heterocycles. The summed E-state index contributed by atoms with van der Waals surface area (Å²) in [5.74, 6) is 0.597. The number of pyridine rings is 1. The number of rotatable bonds is 5. The maximum atomic E-state index is 12.4. The molecular weight excluding hydrogens is 336 g/mol. The number of benzene rings is 2. The number of ether oxygens (including phenoxy) is 1. The van der Waals surface area contributed by atoms with E-state index in [1.54, 1.807) is 30.5 Å². The lowest BCUT2D eigenvalue weighted by Gasteiger charge is -2.08. The average Bonchev–Trinajstić information content (AvgIpc) is 2.64. The normalized spacial score (nSPS) is 10.3. The van der Waals surface area contributed by atoms with Gasteiger partial charge in [0.15, 0.2) is 0 Å². The topological polar surface area (TPSA) is 51.2 Å². The predicted octanol–water partition coefficient (Wildman–Crippen LogP) is 5.05. The van der Waals surface area contributed by atoms with Crippen molar-refractivity contribution in [1.82, 2.24) is 4.98 Å². The number of nitrogens with zero attached hydrogens (tertiary/aromatic N) is 1. The summed E-state index contributed by atoms with van der Waals surface area (Å²) in [7, 11) is 0. The largest absolute Gasteiger partial charge is 0.494 e. The van der Waals surface area contributed by atoms with E-state index in [0.717, 1.165) is 11.3 Å². The van der Waals surface area contributed by atoms with Crippen LogP contribution in [0.4, 0.5) is 5.69 Å². The van der Waals surface area contributed by atoms with Gasteiger partial charge in [-0.3, -0.25) is 9.78 Å². The minimum atomic E-state index is -0.178. The Hall–Kier alpha value is -2.85. The van der Waals surface area contributed by atoms with E-state index in [-0.39, 0.29) is 5.91 Å². The molecule has 0 radical (unpaired) electrons. The number of aromatic nitrogens is 1. The van der Waals surface area contributed by atoms with Crippen molar-refractivity contribution in [2.45, 2.75) is 6.92 Å². The van der Waals surface area contributed by atoms with Crippen molar-refractivity contribution in [3.8, 4) is 17.0 Å². The maximum absolute atomic E-state index is 12.4. The second kappa shape index (κ2) is 7.81. The molecule has 0 saturated heterocycles. The van der Waals surface area contributed by atoms with Crippen molar-refractivity contribution in [2.75, 3.05) is 11.9 Å². The summed E-state index contributed by atoms with van der Waals surface area (Å²) in [5.41, 5.74) is 2.83. The van der Waals surface area contributed by atoms with Crippen molar-refractivity contribution in [1.29, 1.82) is 0 Å². The van der Waals surface area contributed by atoms with Gasteiger partial charge in [0.25, 0.3) is 5.91 Å². The van der Waals surface area contributed by atoms with Crippen LogP contribution in [0.3, 0.4) is 0 Å². The molecule has 0 spiro atoms. The first-order chi connectivity index (χ1) is 12.2. The lowest BCUT2D eigenvalue weighted by atomic mass is 10.1. The van der Waals surface area contributed by atoms with Gasteiger partial charge in [-0.05, 0) is 55.5 Å². The molecule has 3 rings (SSSR count). The third kappa shape index (κ3) is 4.17. The first kappa shape index (κ1) is 17.0. The summed E-state index contributed by atoms with van der Waals surface area (Å²) in [4.78, 5) is 16.6. The van der Waals surface area contributed by atoms with Gasteiger partial charge in [0.05, 0.1) is 17.3 Å². The maximum Gasteiger partial charge on any atom is 0.255 e. The molecule has 3 aromatic rings. The first-order valence-corrected chi connectivity index (χ1v) is 8.30. The van der Waals surface area contributed by atoms with Crippen molar-refractivity contribution in [2.24, 2.45) is 0 Å². The summed E-state index contributed by atoms with van der Waals surface area (Å²) in [6.07, 6.45) is 1.69. The van der Waals surface area contributed by atoms with Gasteiger partial charge in [-0.25, -0.2) is 0 Å². The highest BCUT2D eigenvalue weighted by Gasteiger charge is 2.09. The lowest BCUT2D eigenvalue weighted by Crippen LogP contribution is -2.11. The van der Waals surface area contributed by atoms with Crippen LogP contribution in [0.25, 0.3) is 11.3 Å².